The summed E-state index contributed by atoms with van der Waals surface area (Å²) in [6, 6.07) is 0.177. The summed E-state index contributed by atoms with van der Waals surface area (Å²) in [5.74, 6) is 1.20. The third-order valence-corrected chi connectivity index (χ3v) is 5.20. The smallest absolute Gasteiger partial charge is 0.267 e. The van der Waals surface area contributed by atoms with Crippen molar-refractivity contribution >= 4 is 40.0 Å². The van der Waals surface area contributed by atoms with Gasteiger partial charge in [-0.25, -0.2) is 4.98 Å². The van der Waals surface area contributed by atoms with Crippen LogP contribution in [0.3, 0.4) is 0 Å². The molecule has 0 bridgehead atoms. The van der Waals surface area contributed by atoms with Crippen molar-refractivity contribution in [3.63, 3.8) is 0 Å². The van der Waals surface area contributed by atoms with Crippen molar-refractivity contribution in [2.24, 2.45) is 0 Å². The molecule has 0 saturated heterocycles. The first kappa shape index (κ1) is 17.1. The van der Waals surface area contributed by atoms with Crippen molar-refractivity contribution in [2.75, 3.05) is 42.8 Å². The lowest BCUT2D eigenvalue weighted by Gasteiger charge is -2.23. The molecule has 5 nitrogen and oxygen atoms in total. The molecule has 0 aliphatic heterocycles. The number of nitrogen functional groups attached to an aromatic ring is 1. The maximum atomic E-state index is 12.5. The Hall–Kier alpha value is -0.950. The van der Waals surface area contributed by atoms with Gasteiger partial charge in [0.05, 0.1) is 0 Å². The van der Waals surface area contributed by atoms with Crippen molar-refractivity contribution in [1.82, 2.24) is 9.88 Å². The minimum absolute atomic E-state index is 0.0417. The molecule has 7 heteroatoms. The summed E-state index contributed by atoms with van der Waals surface area (Å²) in [5, 5.41) is 0.821. The largest absolute Gasteiger partial charge is 0.382 e. The molecule has 1 heterocycles. The monoisotopic (exact) mass is 316 g/mol. The lowest BCUT2D eigenvalue weighted by atomic mass is 10.3. The van der Waals surface area contributed by atoms with Gasteiger partial charge in [0, 0.05) is 31.9 Å². The molecule has 1 aromatic heterocycles. The molecule has 1 rings (SSSR count). The fourth-order valence-corrected chi connectivity index (χ4v) is 3.62. The van der Waals surface area contributed by atoms with Crippen LogP contribution in [-0.2, 0) is 0 Å². The highest BCUT2D eigenvalue weighted by Crippen LogP contribution is 2.29. The maximum absolute atomic E-state index is 12.5. The lowest BCUT2D eigenvalue weighted by Crippen LogP contribution is -2.36. The molecule has 0 aliphatic carbocycles. The molecule has 0 spiro atoms. The predicted octanol–water partition coefficient (Wildman–Crippen LogP) is 2.40. The maximum Gasteiger partial charge on any atom is 0.267 e. The number of nitrogens with zero attached hydrogens (tertiary/aromatic N) is 3. The average Bonchev–Trinajstić information content (AvgIpc) is 2.80. The second-order valence-electron chi connectivity index (χ2n) is 4.60. The summed E-state index contributed by atoms with van der Waals surface area (Å²) in [7, 11) is 1.82. The Morgan fingerprint density at radius 3 is 2.55 bits per heavy atom. The van der Waals surface area contributed by atoms with Crippen molar-refractivity contribution in [2.45, 2.75) is 26.8 Å². The van der Waals surface area contributed by atoms with E-state index < -0.39 is 0 Å². The summed E-state index contributed by atoms with van der Waals surface area (Å²) in [6.07, 6.45) is 2.04. The van der Waals surface area contributed by atoms with Crippen LogP contribution in [0, 0.1) is 0 Å². The van der Waals surface area contributed by atoms with Crippen LogP contribution < -0.4 is 10.6 Å². The van der Waals surface area contributed by atoms with Gasteiger partial charge in [-0.2, -0.15) is 11.8 Å². The van der Waals surface area contributed by atoms with Gasteiger partial charge in [-0.3, -0.25) is 4.79 Å². The Morgan fingerprint density at radius 2 is 2.05 bits per heavy atom. The molecule has 114 valence electrons. The van der Waals surface area contributed by atoms with Crippen molar-refractivity contribution in [1.29, 1.82) is 0 Å². The second-order valence-corrected chi connectivity index (χ2v) is 6.49. The van der Waals surface area contributed by atoms with Gasteiger partial charge in [0.15, 0.2) is 5.13 Å². The zero-order valence-corrected chi connectivity index (χ0v) is 14.5. The van der Waals surface area contributed by atoms with E-state index in [0.29, 0.717) is 10.7 Å². The number of thiazole rings is 1. The molecule has 20 heavy (non-hydrogen) atoms. The highest BCUT2D eigenvalue weighted by Gasteiger charge is 2.23. The molecule has 2 N–H and O–H groups in total. The van der Waals surface area contributed by atoms with Crippen LogP contribution in [0.25, 0.3) is 0 Å². The lowest BCUT2D eigenvalue weighted by molar-refractivity contribution is 0.0763. The highest BCUT2D eigenvalue weighted by atomic mass is 32.2. The van der Waals surface area contributed by atoms with Gasteiger partial charge in [-0.1, -0.05) is 11.3 Å². The van der Waals surface area contributed by atoms with Gasteiger partial charge in [-0.05, 0) is 27.0 Å². The van der Waals surface area contributed by atoms with E-state index in [0.717, 1.165) is 24.0 Å². The molecule has 1 atom stereocenters. The quantitative estimate of drug-likeness (QED) is 0.837. The van der Waals surface area contributed by atoms with Gasteiger partial charge in [-0.15, -0.1) is 0 Å². The van der Waals surface area contributed by atoms with E-state index in [1.807, 2.05) is 20.2 Å². The van der Waals surface area contributed by atoms with Gasteiger partial charge >= 0.3 is 0 Å². The summed E-state index contributed by atoms with van der Waals surface area (Å²) < 4.78 is 0. The first-order valence-corrected chi connectivity index (χ1v) is 8.94. The van der Waals surface area contributed by atoms with Crippen LogP contribution in [-0.4, -0.2) is 54.0 Å². The molecule has 1 amide bonds. The normalized spacial score (nSPS) is 12.2. The van der Waals surface area contributed by atoms with E-state index in [9.17, 15) is 4.79 Å². The first-order chi connectivity index (χ1) is 9.46. The van der Waals surface area contributed by atoms with E-state index in [1.54, 1.807) is 16.7 Å². The highest BCUT2D eigenvalue weighted by molar-refractivity contribution is 7.98. The Kier molecular flexibility index (Phi) is 6.61. The molecule has 1 aromatic rings. The zero-order valence-electron chi connectivity index (χ0n) is 12.8. The summed E-state index contributed by atoms with van der Waals surface area (Å²) in [6.45, 7) is 7.88. The molecule has 1 unspecified atom stereocenters. The van der Waals surface area contributed by atoms with E-state index in [1.165, 1.54) is 11.3 Å². The number of aromatic nitrogens is 1. The van der Waals surface area contributed by atoms with Crippen LogP contribution in [0.5, 0.6) is 0 Å². The number of hydrogen-bond acceptors (Lipinski definition) is 6. The minimum atomic E-state index is -0.0417. The predicted molar refractivity (Wildman–Crippen MR) is 90.0 cm³/mol. The van der Waals surface area contributed by atoms with Gasteiger partial charge in [0.2, 0.25) is 0 Å². The first-order valence-electron chi connectivity index (χ1n) is 6.73. The molecular formula is C13H24N4OS2. The Morgan fingerprint density at radius 1 is 1.45 bits per heavy atom. The van der Waals surface area contributed by atoms with Crippen LogP contribution in [0.15, 0.2) is 0 Å². The summed E-state index contributed by atoms with van der Waals surface area (Å²) in [4.78, 5) is 21.2. The zero-order chi connectivity index (χ0) is 15.3. The number of carbonyl (C=O) groups excluding carboxylic acids is 1. The molecular weight excluding hydrogens is 292 g/mol. The van der Waals surface area contributed by atoms with E-state index >= 15 is 0 Å². The summed E-state index contributed by atoms with van der Waals surface area (Å²) >= 11 is 3.11. The standard InChI is InChI=1S/C13H24N4OS2/c1-6-17(7-2)13-15-11(14)10(20-13)12(18)16(4)9(3)8-19-5/h9H,6-8,14H2,1-5H3. The molecule has 0 fully saturated rings. The molecule has 0 radical (unpaired) electrons. The van der Waals surface area contributed by atoms with Crippen molar-refractivity contribution in [3.8, 4) is 0 Å². The van der Waals surface area contributed by atoms with Crippen LogP contribution in [0.2, 0.25) is 0 Å². The number of rotatable bonds is 7. The van der Waals surface area contributed by atoms with E-state index in [4.69, 9.17) is 5.73 Å². The number of hydrogen-bond donors (Lipinski definition) is 1. The number of nitrogens with two attached hydrogens (primary N) is 1. The Bertz CT molecular complexity index is 446. The van der Waals surface area contributed by atoms with Gasteiger partial charge in [0.1, 0.15) is 10.7 Å². The number of anilines is 2. The average molecular weight is 316 g/mol. The van der Waals surface area contributed by atoms with Crippen molar-refractivity contribution in [3.05, 3.63) is 4.88 Å². The summed E-state index contributed by atoms with van der Waals surface area (Å²) in [5.41, 5.74) is 5.92. The van der Waals surface area contributed by atoms with E-state index in [-0.39, 0.29) is 11.9 Å². The number of amides is 1. The molecule has 0 aliphatic rings. The van der Waals surface area contributed by atoms with Crippen LogP contribution in [0.1, 0.15) is 30.4 Å². The topological polar surface area (TPSA) is 62.5 Å². The van der Waals surface area contributed by atoms with E-state index in [2.05, 4.69) is 23.7 Å². The minimum Gasteiger partial charge on any atom is -0.382 e. The fraction of sp³-hybridized carbons (Fsp3) is 0.692. The van der Waals surface area contributed by atoms with Gasteiger partial charge in [0.25, 0.3) is 5.91 Å². The second kappa shape index (κ2) is 7.73. The fourth-order valence-electron chi connectivity index (χ4n) is 1.82. The Labute approximate surface area is 129 Å². The molecule has 0 aromatic carbocycles. The van der Waals surface area contributed by atoms with Crippen LogP contribution in [0.4, 0.5) is 10.9 Å². The van der Waals surface area contributed by atoms with Crippen molar-refractivity contribution < 1.29 is 4.79 Å². The number of thioether (sulfide) groups is 1. The molecule has 0 saturated carbocycles. The Balaban J connectivity index is 2.93. The SMILES string of the molecule is CCN(CC)c1nc(N)c(C(=O)N(C)C(C)CSC)s1. The third-order valence-electron chi connectivity index (χ3n) is 3.26. The third kappa shape index (κ3) is 3.79. The van der Waals surface area contributed by atoms with Gasteiger partial charge < -0.3 is 15.5 Å². The number of carbonyl (C=O) groups is 1. The van der Waals surface area contributed by atoms with Crippen LogP contribution >= 0.6 is 23.1 Å².